The minimum Gasteiger partial charge on any atom is -0.320 e. The van der Waals surface area contributed by atoms with Crippen molar-refractivity contribution in [3.05, 3.63) is 87.6 Å². The van der Waals surface area contributed by atoms with E-state index in [1.54, 1.807) is 30.3 Å². The molecule has 5 aromatic rings. The maximum atomic E-state index is 12.8. The summed E-state index contributed by atoms with van der Waals surface area (Å²) in [6, 6.07) is 20.3. The summed E-state index contributed by atoms with van der Waals surface area (Å²) >= 11 is 8.97. The van der Waals surface area contributed by atoms with Gasteiger partial charge in [-0.1, -0.05) is 59.3 Å². The van der Waals surface area contributed by atoms with Gasteiger partial charge in [0, 0.05) is 10.9 Å². The van der Waals surface area contributed by atoms with E-state index < -0.39 is 0 Å². The summed E-state index contributed by atoms with van der Waals surface area (Å²) in [5.74, 6) is -0.598. The molecule has 0 fully saturated rings. The summed E-state index contributed by atoms with van der Waals surface area (Å²) in [4.78, 5) is 30.4. The highest BCUT2D eigenvalue weighted by atomic mass is 35.5. The molecule has 0 aliphatic carbocycles. The molecule has 2 amide bonds. The van der Waals surface area contributed by atoms with Gasteiger partial charge < -0.3 is 5.32 Å². The second-order valence-corrected chi connectivity index (χ2v) is 9.12. The van der Waals surface area contributed by atoms with E-state index in [-0.39, 0.29) is 11.8 Å². The van der Waals surface area contributed by atoms with Crippen LogP contribution in [0.4, 0.5) is 10.8 Å². The van der Waals surface area contributed by atoms with Crippen LogP contribution in [-0.2, 0) is 0 Å². The van der Waals surface area contributed by atoms with E-state index in [1.165, 1.54) is 22.7 Å². The van der Waals surface area contributed by atoms with Gasteiger partial charge in [0.2, 0.25) is 0 Å². The van der Waals surface area contributed by atoms with E-state index >= 15 is 0 Å². The van der Waals surface area contributed by atoms with Gasteiger partial charge >= 0.3 is 0 Å². The standard InChI is InChI=1S/C23H14ClN3O2S2/c24-16-9-7-14(12-17(16)25-22(29)19-6-3-11-30-19)21(28)27-23-26-20-15-5-2-1-4-13(15)8-10-18(20)31-23/h1-12H,(H,25,29)(H,26,27,28). The Balaban J connectivity index is 1.40. The number of thiazole rings is 1. The molecule has 0 saturated heterocycles. The number of amides is 2. The number of aromatic nitrogens is 1. The lowest BCUT2D eigenvalue weighted by molar-refractivity contribution is 0.101. The molecule has 0 aliphatic heterocycles. The van der Waals surface area contributed by atoms with Crippen LogP contribution < -0.4 is 10.6 Å². The summed E-state index contributed by atoms with van der Waals surface area (Å²) < 4.78 is 0.994. The summed E-state index contributed by atoms with van der Waals surface area (Å²) in [5.41, 5.74) is 1.61. The number of fused-ring (bicyclic) bond motifs is 3. The molecular weight excluding hydrogens is 450 g/mol. The highest BCUT2D eigenvalue weighted by molar-refractivity contribution is 7.22. The van der Waals surface area contributed by atoms with Crippen molar-refractivity contribution in [2.75, 3.05) is 10.6 Å². The highest BCUT2D eigenvalue weighted by Crippen LogP contribution is 2.32. The Morgan fingerprint density at radius 3 is 2.61 bits per heavy atom. The smallest absolute Gasteiger partial charge is 0.265 e. The van der Waals surface area contributed by atoms with Crippen LogP contribution >= 0.6 is 34.3 Å². The SMILES string of the molecule is O=C(Nc1nc2c(ccc3ccccc32)s1)c1ccc(Cl)c(NC(=O)c2cccs2)c1. The predicted molar refractivity (Wildman–Crippen MR) is 129 cm³/mol. The molecule has 0 saturated carbocycles. The van der Waals surface area contributed by atoms with Gasteiger partial charge in [-0.15, -0.1) is 11.3 Å². The highest BCUT2D eigenvalue weighted by Gasteiger charge is 2.15. The molecule has 5 rings (SSSR count). The Kier molecular flexibility index (Phi) is 5.15. The minimum atomic E-state index is -0.327. The molecule has 0 radical (unpaired) electrons. The van der Waals surface area contributed by atoms with Crippen molar-refractivity contribution in [2.24, 2.45) is 0 Å². The third-order valence-corrected chi connectivity index (χ3v) is 6.86. The fraction of sp³-hybridized carbons (Fsp3) is 0. The maximum Gasteiger partial charge on any atom is 0.265 e. The van der Waals surface area contributed by atoms with E-state index in [9.17, 15) is 9.59 Å². The number of hydrogen-bond acceptors (Lipinski definition) is 5. The molecule has 0 unspecified atom stereocenters. The zero-order chi connectivity index (χ0) is 21.4. The monoisotopic (exact) mass is 463 g/mol. The van der Waals surface area contributed by atoms with Gasteiger partial charge in [-0.2, -0.15) is 0 Å². The van der Waals surface area contributed by atoms with Crippen molar-refractivity contribution in [3.63, 3.8) is 0 Å². The molecule has 152 valence electrons. The van der Waals surface area contributed by atoms with Crippen molar-refractivity contribution in [1.29, 1.82) is 0 Å². The zero-order valence-corrected chi connectivity index (χ0v) is 18.3. The Bertz CT molecular complexity index is 1440. The summed E-state index contributed by atoms with van der Waals surface area (Å²) in [6.45, 7) is 0. The first kappa shape index (κ1) is 19.7. The van der Waals surface area contributed by atoms with E-state index in [4.69, 9.17) is 11.6 Å². The minimum absolute atomic E-state index is 0.271. The van der Waals surface area contributed by atoms with Crippen molar-refractivity contribution < 1.29 is 9.59 Å². The summed E-state index contributed by atoms with van der Waals surface area (Å²) in [6.07, 6.45) is 0. The first-order valence-electron chi connectivity index (χ1n) is 9.32. The molecule has 2 aromatic heterocycles. The number of nitrogens with zero attached hydrogens (tertiary/aromatic N) is 1. The number of hydrogen-bond donors (Lipinski definition) is 2. The van der Waals surface area contributed by atoms with Gasteiger partial charge in [-0.3, -0.25) is 14.9 Å². The Morgan fingerprint density at radius 1 is 0.903 bits per heavy atom. The molecule has 3 aromatic carbocycles. The Hall–Kier alpha value is -3.26. The van der Waals surface area contributed by atoms with Crippen LogP contribution in [0.3, 0.4) is 0 Å². The summed E-state index contributed by atoms with van der Waals surface area (Å²) in [7, 11) is 0. The average Bonchev–Trinajstić information content (AvgIpc) is 3.45. The largest absolute Gasteiger partial charge is 0.320 e. The van der Waals surface area contributed by atoms with E-state index in [2.05, 4.69) is 15.6 Å². The average molecular weight is 464 g/mol. The number of rotatable bonds is 4. The normalized spacial score (nSPS) is 11.0. The number of anilines is 2. The zero-order valence-electron chi connectivity index (χ0n) is 15.9. The lowest BCUT2D eigenvalue weighted by Crippen LogP contribution is -2.14. The van der Waals surface area contributed by atoms with Crippen LogP contribution in [0.1, 0.15) is 20.0 Å². The van der Waals surface area contributed by atoms with Gasteiger partial charge in [0.25, 0.3) is 11.8 Å². The van der Waals surface area contributed by atoms with Crippen LogP contribution in [-0.4, -0.2) is 16.8 Å². The second-order valence-electron chi connectivity index (χ2n) is 6.73. The maximum absolute atomic E-state index is 12.8. The van der Waals surface area contributed by atoms with E-state index in [1.807, 2.05) is 41.8 Å². The molecule has 0 spiro atoms. The van der Waals surface area contributed by atoms with E-state index in [0.29, 0.717) is 26.3 Å². The van der Waals surface area contributed by atoms with Gasteiger partial charge in [0.15, 0.2) is 5.13 Å². The predicted octanol–water partition coefficient (Wildman–Crippen LogP) is 6.67. The number of benzene rings is 3. The van der Waals surface area contributed by atoms with Crippen LogP contribution in [0.25, 0.3) is 21.0 Å². The van der Waals surface area contributed by atoms with Crippen molar-refractivity contribution in [1.82, 2.24) is 4.98 Å². The van der Waals surface area contributed by atoms with Gasteiger partial charge in [-0.25, -0.2) is 4.98 Å². The molecule has 0 atom stereocenters. The first-order valence-corrected chi connectivity index (χ1v) is 11.4. The van der Waals surface area contributed by atoms with Crippen LogP contribution in [0.2, 0.25) is 5.02 Å². The topological polar surface area (TPSA) is 71.1 Å². The van der Waals surface area contributed by atoms with Crippen LogP contribution in [0.5, 0.6) is 0 Å². The lowest BCUT2D eigenvalue weighted by atomic mass is 10.1. The van der Waals surface area contributed by atoms with Crippen LogP contribution in [0, 0.1) is 0 Å². The van der Waals surface area contributed by atoms with E-state index in [0.717, 1.165) is 21.0 Å². The molecule has 31 heavy (non-hydrogen) atoms. The molecule has 2 heterocycles. The van der Waals surface area contributed by atoms with Crippen molar-refractivity contribution in [2.45, 2.75) is 0 Å². The molecule has 5 nitrogen and oxygen atoms in total. The quantitative estimate of drug-likeness (QED) is 0.312. The molecule has 0 bridgehead atoms. The number of nitrogens with one attached hydrogen (secondary N) is 2. The molecule has 0 aliphatic rings. The van der Waals surface area contributed by atoms with Crippen molar-refractivity contribution >= 4 is 77.9 Å². The van der Waals surface area contributed by atoms with Gasteiger partial charge in [0.1, 0.15) is 0 Å². The Morgan fingerprint density at radius 2 is 1.77 bits per heavy atom. The van der Waals surface area contributed by atoms with Gasteiger partial charge in [0.05, 0.1) is 25.8 Å². The summed E-state index contributed by atoms with van der Waals surface area (Å²) in [5, 5.41) is 10.4. The first-order chi connectivity index (χ1) is 15.1. The van der Waals surface area contributed by atoms with Crippen molar-refractivity contribution in [3.8, 4) is 0 Å². The fourth-order valence-corrected chi connectivity index (χ4v) is 4.90. The van der Waals surface area contributed by atoms with Crippen LogP contribution in [0.15, 0.2) is 72.1 Å². The molecule has 8 heteroatoms. The number of thiophene rings is 1. The van der Waals surface area contributed by atoms with Gasteiger partial charge in [-0.05, 0) is 41.1 Å². The molecular formula is C23H14ClN3O2S2. The number of halogens is 1. The third-order valence-electron chi connectivity index (χ3n) is 4.73. The molecule has 2 N–H and O–H groups in total. The Labute approximate surface area is 190 Å². The third kappa shape index (κ3) is 3.90. The lowest BCUT2D eigenvalue weighted by Gasteiger charge is -2.08. The number of carbonyl (C=O) groups excluding carboxylic acids is 2. The number of carbonyl (C=O) groups is 2. The fourth-order valence-electron chi connectivity index (χ4n) is 3.24. The second kappa shape index (κ2) is 8.11.